The highest BCUT2D eigenvalue weighted by molar-refractivity contribution is 6.18. The van der Waals surface area contributed by atoms with Crippen molar-refractivity contribution in [3.8, 4) is 11.8 Å². The van der Waals surface area contributed by atoms with Gasteiger partial charge in [-0.3, -0.25) is 5.84 Å². The summed E-state index contributed by atoms with van der Waals surface area (Å²) in [7, 11) is 0. The summed E-state index contributed by atoms with van der Waals surface area (Å²) < 4.78 is 37.3. The predicted molar refractivity (Wildman–Crippen MR) is 61.5 cm³/mol. The zero-order valence-electron chi connectivity index (χ0n) is 8.74. The number of hydrogen-bond donors (Lipinski definition) is 2. The lowest BCUT2D eigenvalue weighted by molar-refractivity contribution is -0.137. The van der Waals surface area contributed by atoms with E-state index in [4.69, 9.17) is 17.4 Å². The van der Waals surface area contributed by atoms with Gasteiger partial charge < -0.3 is 5.43 Å². The van der Waals surface area contributed by atoms with Crippen LogP contribution in [0.3, 0.4) is 0 Å². The lowest BCUT2D eigenvalue weighted by atomic mass is 10.1. The molecule has 0 bridgehead atoms. The van der Waals surface area contributed by atoms with Crippen LogP contribution < -0.4 is 11.3 Å². The molecule has 0 aliphatic carbocycles. The molecule has 0 aliphatic heterocycles. The van der Waals surface area contributed by atoms with Crippen LogP contribution in [0.25, 0.3) is 0 Å². The second-order valence-electron chi connectivity index (χ2n) is 3.14. The molecule has 92 valence electrons. The summed E-state index contributed by atoms with van der Waals surface area (Å²) in [6, 6.07) is 3.16. The maximum atomic E-state index is 12.4. The molecular weight excluding hydrogens is 253 g/mol. The van der Waals surface area contributed by atoms with Crippen LogP contribution in [0, 0.1) is 11.8 Å². The minimum Gasteiger partial charge on any atom is -0.323 e. The maximum Gasteiger partial charge on any atom is 0.416 e. The van der Waals surface area contributed by atoms with Crippen LogP contribution in [-0.2, 0) is 6.18 Å². The summed E-state index contributed by atoms with van der Waals surface area (Å²) in [6.45, 7) is 0. The van der Waals surface area contributed by atoms with Crippen molar-refractivity contribution >= 4 is 17.3 Å². The first-order valence-electron chi connectivity index (χ1n) is 4.71. The van der Waals surface area contributed by atoms with E-state index < -0.39 is 11.7 Å². The van der Waals surface area contributed by atoms with E-state index in [0.717, 1.165) is 12.1 Å². The van der Waals surface area contributed by atoms with Crippen molar-refractivity contribution in [1.82, 2.24) is 0 Å². The van der Waals surface area contributed by atoms with Crippen molar-refractivity contribution < 1.29 is 13.2 Å². The predicted octanol–water partition coefficient (Wildman–Crippen LogP) is 2.97. The molecule has 3 N–H and O–H groups in total. The van der Waals surface area contributed by atoms with Gasteiger partial charge in [-0.05, 0) is 18.2 Å². The number of rotatable bonds is 2. The average molecular weight is 263 g/mol. The van der Waals surface area contributed by atoms with E-state index in [2.05, 4.69) is 17.3 Å². The second kappa shape index (κ2) is 5.80. The van der Waals surface area contributed by atoms with Gasteiger partial charge in [-0.2, -0.15) is 13.2 Å². The van der Waals surface area contributed by atoms with Gasteiger partial charge in [0.1, 0.15) is 0 Å². The Morgan fingerprint density at radius 1 is 1.35 bits per heavy atom. The largest absolute Gasteiger partial charge is 0.416 e. The summed E-state index contributed by atoms with van der Waals surface area (Å²) in [5.74, 6) is 11.0. The minimum atomic E-state index is -4.40. The summed E-state index contributed by atoms with van der Waals surface area (Å²) in [4.78, 5) is 0. The Hall–Kier alpha value is -1.38. The van der Waals surface area contributed by atoms with Crippen molar-refractivity contribution in [3.63, 3.8) is 0 Å². The Balaban J connectivity index is 3.07. The SMILES string of the molecule is NNc1cc(C(F)(F)F)ccc1C#CCCCl. The molecule has 0 aromatic heterocycles. The van der Waals surface area contributed by atoms with Crippen LogP contribution in [0.2, 0.25) is 0 Å². The molecule has 1 aromatic carbocycles. The fourth-order valence-electron chi connectivity index (χ4n) is 1.15. The first kappa shape index (κ1) is 13.7. The van der Waals surface area contributed by atoms with Gasteiger partial charge in [-0.1, -0.05) is 11.8 Å². The van der Waals surface area contributed by atoms with E-state index in [9.17, 15) is 13.2 Å². The molecule has 2 nitrogen and oxygen atoms in total. The third-order valence-corrected chi connectivity index (χ3v) is 2.13. The van der Waals surface area contributed by atoms with Gasteiger partial charge in [0.15, 0.2) is 0 Å². The van der Waals surface area contributed by atoms with E-state index in [0.29, 0.717) is 17.9 Å². The Kier molecular flexibility index (Phi) is 4.67. The molecule has 0 unspecified atom stereocenters. The molecule has 0 saturated carbocycles. The van der Waals surface area contributed by atoms with Crippen molar-refractivity contribution in [2.45, 2.75) is 12.6 Å². The topological polar surface area (TPSA) is 38.0 Å². The molecule has 0 amide bonds. The molecule has 1 aromatic rings. The molecular formula is C11H10ClF3N2. The van der Waals surface area contributed by atoms with Crippen LogP contribution in [0.5, 0.6) is 0 Å². The van der Waals surface area contributed by atoms with Gasteiger partial charge in [0.2, 0.25) is 0 Å². The first-order valence-corrected chi connectivity index (χ1v) is 5.25. The van der Waals surface area contributed by atoms with Crippen LogP contribution in [0.15, 0.2) is 18.2 Å². The van der Waals surface area contributed by atoms with Gasteiger partial charge in [-0.25, -0.2) is 0 Å². The van der Waals surface area contributed by atoms with Gasteiger partial charge in [0, 0.05) is 17.9 Å². The number of halogens is 4. The lowest BCUT2D eigenvalue weighted by Gasteiger charge is -2.10. The number of nitrogen functional groups attached to an aromatic ring is 1. The molecule has 0 saturated heterocycles. The highest BCUT2D eigenvalue weighted by Crippen LogP contribution is 2.31. The lowest BCUT2D eigenvalue weighted by Crippen LogP contribution is -2.11. The molecule has 0 spiro atoms. The van der Waals surface area contributed by atoms with Crippen molar-refractivity contribution in [2.75, 3.05) is 11.3 Å². The molecule has 0 fully saturated rings. The molecule has 1 rings (SSSR count). The quantitative estimate of drug-likeness (QED) is 0.372. The number of hydrazine groups is 1. The van der Waals surface area contributed by atoms with E-state index in [1.54, 1.807) is 0 Å². The second-order valence-corrected chi connectivity index (χ2v) is 3.52. The number of benzene rings is 1. The Morgan fingerprint density at radius 3 is 2.59 bits per heavy atom. The minimum absolute atomic E-state index is 0.141. The van der Waals surface area contributed by atoms with Gasteiger partial charge >= 0.3 is 6.18 Å². The first-order chi connectivity index (χ1) is 7.99. The molecule has 0 aliphatic rings. The smallest absolute Gasteiger partial charge is 0.323 e. The number of anilines is 1. The van der Waals surface area contributed by atoms with Crippen LogP contribution in [0.1, 0.15) is 17.5 Å². The van der Waals surface area contributed by atoms with Crippen LogP contribution in [-0.4, -0.2) is 5.88 Å². The van der Waals surface area contributed by atoms with Crippen LogP contribution in [0.4, 0.5) is 18.9 Å². The highest BCUT2D eigenvalue weighted by atomic mass is 35.5. The fourth-order valence-corrected chi connectivity index (χ4v) is 1.25. The summed E-state index contributed by atoms with van der Waals surface area (Å²) in [6.07, 6.45) is -3.93. The van der Waals surface area contributed by atoms with E-state index in [1.807, 2.05) is 0 Å². The Bertz CT molecular complexity index is 446. The van der Waals surface area contributed by atoms with Gasteiger partial charge in [0.25, 0.3) is 0 Å². The number of nitrogens with two attached hydrogens (primary N) is 1. The van der Waals surface area contributed by atoms with Crippen molar-refractivity contribution in [2.24, 2.45) is 5.84 Å². The van der Waals surface area contributed by atoms with Gasteiger partial charge in [-0.15, -0.1) is 11.6 Å². The third-order valence-electron chi connectivity index (χ3n) is 1.94. The van der Waals surface area contributed by atoms with Gasteiger partial charge in [0.05, 0.1) is 11.3 Å². The fraction of sp³-hybridized carbons (Fsp3) is 0.273. The molecule has 17 heavy (non-hydrogen) atoms. The zero-order valence-corrected chi connectivity index (χ0v) is 9.49. The maximum absolute atomic E-state index is 12.4. The standard InChI is InChI=1S/C11H10ClF3N2/c12-6-2-1-3-8-4-5-9(11(13,14)15)7-10(8)17-16/h4-5,7,17H,2,6,16H2. The number of alkyl halides is 4. The van der Waals surface area contributed by atoms with Crippen LogP contribution >= 0.6 is 11.6 Å². The highest BCUT2D eigenvalue weighted by Gasteiger charge is 2.30. The van der Waals surface area contributed by atoms with Crippen molar-refractivity contribution in [1.29, 1.82) is 0 Å². The Labute approximate surface area is 102 Å². The van der Waals surface area contributed by atoms with Crippen molar-refractivity contribution in [3.05, 3.63) is 29.3 Å². The monoisotopic (exact) mass is 262 g/mol. The van der Waals surface area contributed by atoms with E-state index >= 15 is 0 Å². The number of hydrogen-bond acceptors (Lipinski definition) is 2. The average Bonchev–Trinajstić information content (AvgIpc) is 2.28. The molecule has 0 heterocycles. The Morgan fingerprint density at radius 2 is 2.06 bits per heavy atom. The summed E-state index contributed by atoms with van der Waals surface area (Å²) in [5, 5.41) is 0. The third kappa shape index (κ3) is 3.84. The van der Waals surface area contributed by atoms with E-state index in [1.165, 1.54) is 6.07 Å². The number of nitrogens with one attached hydrogen (secondary N) is 1. The summed E-state index contributed by atoms with van der Waals surface area (Å²) in [5.41, 5.74) is 1.98. The molecule has 6 heteroatoms. The molecule has 0 radical (unpaired) electrons. The normalized spacial score (nSPS) is 10.6. The molecule has 0 atom stereocenters. The van der Waals surface area contributed by atoms with E-state index in [-0.39, 0.29) is 5.69 Å². The zero-order chi connectivity index (χ0) is 12.9. The summed E-state index contributed by atoms with van der Waals surface area (Å²) >= 11 is 5.43.